The molecule has 1 aromatic heterocycles. The molecule has 0 saturated heterocycles. The van der Waals surface area contributed by atoms with Gasteiger partial charge < -0.3 is 14.6 Å². The number of carboxylic acid groups (broad SMARTS) is 1. The first-order chi connectivity index (χ1) is 19.4. The van der Waals surface area contributed by atoms with Crippen molar-refractivity contribution in [2.24, 2.45) is 5.41 Å². The van der Waals surface area contributed by atoms with E-state index in [0.29, 0.717) is 34.0 Å². The Labute approximate surface area is 244 Å². The molecule has 0 aliphatic carbocycles. The molecular weight excluding hydrogens is 542 g/mol. The molecule has 8 heteroatoms. The van der Waals surface area contributed by atoms with Crippen molar-refractivity contribution in [1.29, 1.82) is 0 Å². The van der Waals surface area contributed by atoms with Gasteiger partial charge in [0.2, 0.25) is 0 Å². The van der Waals surface area contributed by atoms with Crippen LogP contribution in [0.3, 0.4) is 0 Å². The molecule has 214 valence electrons. The summed E-state index contributed by atoms with van der Waals surface area (Å²) in [5.41, 5.74) is 4.04. The first kappa shape index (κ1) is 29.9. The summed E-state index contributed by atoms with van der Waals surface area (Å²) in [5, 5.41) is 10.5. The van der Waals surface area contributed by atoms with Gasteiger partial charge in [-0.05, 0) is 77.9 Å². The number of Topliss-reactive ketones (excluding diaryl/α,β-unsaturated/α-hetero) is 1. The minimum Gasteiger partial charge on any atom is -0.497 e. The molecule has 0 amide bonds. The minimum atomic E-state index is -1.32. The first-order valence-corrected chi connectivity index (χ1v) is 13.7. The number of fused-ring (bicyclic) bond motifs is 1. The summed E-state index contributed by atoms with van der Waals surface area (Å²) >= 11 is 6.02. The summed E-state index contributed by atoms with van der Waals surface area (Å²) in [6.07, 6.45) is -1.07. The third-order valence-electron chi connectivity index (χ3n) is 7.00. The quantitative estimate of drug-likeness (QED) is 0.204. The highest BCUT2D eigenvalue weighted by Gasteiger charge is 2.25. The smallest absolute Gasteiger partial charge is 0.497 e. The zero-order valence-corrected chi connectivity index (χ0v) is 24.6. The average molecular weight is 576 g/mol. The molecule has 0 aliphatic heterocycles. The molecule has 0 unspecified atom stereocenters. The van der Waals surface area contributed by atoms with Gasteiger partial charge >= 0.3 is 6.16 Å². The normalized spacial score (nSPS) is 12.2. The lowest BCUT2D eigenvalue weighted by Crippen LogP contribution is -2.17. The molecule has 4 rings (SSSR count). The molecule has 0 aliphatic rings. The molecule has 1 atom stereocenters. The summed E-state index contributed by atoms with van der Waals surface area (Å²) in [4.78, 5) is 38.1. The first-order valence-electron chi connectivity index (χ1n) is 13.3. The number of hydrogen-bond donors (Lipinski definition) is 1. The van der Waals surface area contributed by atoms with Crippen LogP contribution in [0.25, 0.3) is 10.9 Å². The Kier molecular flexibility index (Phi) is 8.88. The van der Waals surface area contributed by atoms with Crippen LogP contribution in [0.15, 0.2) is 66.7 Å². The van der Waals surface area contributed by atoms with Crippen molar-refractivity contribution in [3.05, 3.63) is 99.7 Å². The van der Waals surface area contributed by atoms with Crippen LogP contribution >= 0.6 is 11.6 Å². The zero-order valence-electron chi connectivity index (χ0n) is 23.9. The molecule has 7 nitrogen and oxygen atoms in total. The largest absolute Gasteiger partial charge is 0.506 e. The molecule has 4 aromatic rings. The van der Waals surface area contributed by atoms with E-state index in [0.717, 1.165) is 22.1 Å². The van der Waals surface area contributed by atoms with Crippen molar-refractivity contribution in [2.75, 3.05) is 7.11 Å². The van der Waals surface area contributed by atoms with Crippen LogP contribution < -0.4 is 4.74 Å². The van der Waals surface area contributed by atoms with E-state index in [1.54, 1.807) is 42.0 Å². The molecule has 3 aromatic carbocycles. The Morgan fingerprint density at radius 3 is 2.20 bits per heavy atom. The molecule has 0 spiro atoms. The van der Waals surface area contributed by atoms with Crippen molar-refractivity contribution in [3.63, 3.8) is 0 Å². The van der Waals surface area contributed by atoms with Crippen molar-refractivity contribution < 1.29 is 29.0 Å². The SMILES string of the molecule is COc1ccc2c(c1)c(CC(=O)Cc1ccc([C@@H](CC(C)(C)C)OC(=O)O)cc1)c(C)n2C(=O)c1ccc(Cl)cc1. The summed E-state index contributed by atoms with van der Waals surface area (Å²) < 4.78 is 12.2. The molecule has 0 radical (unpaired) electrons. The van der Waals surface area contributed by atoms with Gasteiger partial charge in [0.15, 0.2) is 0 Å². The van der Waals surface area contributed by atoms with Gasteiger partial charge in [-0.2, -0.15) is 0 Å². The van der Waals surface area contributed by atoms with Crippen LogP contribution in [0.1, 0.15) is 66.0 Å². The van der Waals surface area contributed by atoms with E-state index in [-0.39, 0.29) is 29.9 Å². The van der Waals surface area contributed by atoms with Gasteiger partial charge in [0, 0.05) is 34.5 Å². The second-order valence-electron chi connectivity index (χ2n) is 11.4. The van der Waals surface area contributed by atoms with E-state index in [4.69, 9.17) is 21.1 Å². The van der Waals surface area contributed by atoms with Gasteiger partial charge in [0.25, 0.3) is 5.91 Å². The maximum Gasteiger partial charge on any atom is 0.506 e. The van der Waals surface area contributed by atoms with Crippen molar-refractivity contribution in [1.82, 2.24) is 4.57 Å². The van der Waals surface area contributed by atoms with Gasteiger partial charge in [-0.3, -0.25) is 14.2 Å². The Morgan fingerprint density at radius 2 is 1.61 bits per heavy atom. The van der Waals surface area contributed by atoms with Crippen LogP contribution in [-0.4, -0.2) is 34.6 Å². The van der Waals surface area contributed by atoms with Crippen LogP contribution in [0.4, 0.5) is 4.79 Å². The van der Waals surface area contributed by atoms with Crippen LogP contribution in [-0.2, 0) is 22.4 Å². The lowest BCUT2D eigenvalue weighted by atomic mass is 9.86. The lowest BCUT2D eigenvalue weighted by Gasteiger charge is -2.25. The highest BCUT2D eigenvalue weighted by Crippen LogP contribution is 2.33. The third kappa shape index (κ3) is 7.16. The van der Waals surface area contributed by atoms with E-state index < -0.39 is 12.3 Å². The fourth-order valence-corrected chi connectivity index (χ4v) is 5.16. The maximum atomic E-state index is 13.5. The van der Waals surface area contributed by atoms with Crippen molar-refractivity contribution >= 4 is 40.3 Å². The summed E-state index contributed by atoms with van der Waals surface area (Å²) in [6.45, 7) is 7.91. The molecule has 0 saturated carbocycles. The second-order valence-corrected chi connectivity index (χ2v) is 11.8. The molecule has 0 fully saturated rings. The highest BCUT2D eigenvalue weighted by molar-refractivity contribution is 6.30. The predicted molar refractivity (Wildman–Crippen MR) is 159 cm³/mol. The Balaban J connectivity index is 1.60. The molecule has 1 heterocycles. The van der Waals surface area contributed by atoms with Gasteiger partial charge in [-0.1, -0.05) is 56.6 Å². The number of hydrogen-bond acceptors (Lipinski definition) is 5. The number of carbonyl (C=O) groups is 3. The zero-order chi connectivity index (χ0) is 29.9. The molecule has 41 heavy (non-hydrogen) atoms. The predicted octanol–water partition coefficient (Wildman–Crippen LogP) is 7.83. The molecular formula is C33H34ClNO6. The Bertz CT molecular complexity index is 1580. The maximum absolute atomic E-state index is 13.5. The highest BCUT2D eigenvalue weighted by atomic mass is 35.5. The Hall–Kier alpha value is -4.10. The van der Waals surface area contributed by atoms with E-state index in [2.05, 4.69) is 0 Å². The standard InChI is InChI=1S/C33H34ClNO6/c1-20-27(17-25(36)16-21-6-8-22(9-7-21)30(41-32(38)39)19-33(2,3)4)28-18-26(40-5)14-15-29(28)35(20)31(37)23-10-12-24(34)13-11-23/h6-15,18,30H,16-17,19H2,1-5H3,(H,38,39)/t30-/m1/s1. The van der Waals surface area contributed by atoms with Crippen molar-refractivity contribution in [3.8, 4) is 5.75 Å². The number of ketones is 1. The lowest BCUT2D eigenvalue weighted by molar-refractivity contribution is -0.117. The second kappa shape index (κ2) is 12.2. The van der Waals surface area contributed by atoms with Gasteiger partial charge in [-0.15, -0.1) is 0 Å². The summed E-state index contributed by atoms with van der Waals surface area (Å²) in [6, 6.07) is 19.5. The van der Waals surface area contributed by atoms with E-state index in [9.17, 15) is 19.5 Å². The Morgan fingerprint density at radius 1 is 0.951 bits per heavy atom. The summed E-state index contributed by atoms with van der Waals surface area (Å²) in [5.74, 6) is 0.401. The number of rotatable bonds is 9. The number of ether oxygens (including phenoxy) is 2. The van der Waals surface area contributed by atoms with Crippen molar-refractivity contribution in [2.45, 2.75) is 53.1 Å². The third-order valence-corrected chi connectivity index (χ3v) is 7.26. The van der Waals surface area contributed by atoms with Gasteiger partial charge in [-0.25, -0.2) is 4.79 Å². The van der Waals surface area contributed by atoms with Crippen LogP contribution in [0, 0.1) is 12.3 Å². The fraction of sp³-hybridized carbons (Fsp3) is 0.303. The number of nitrogens with zero attached hydrogens (tertiary/aromatic N) is 1. The summed E-state index contributed by atoms with van der Waals surface area (Å²) in [7, 11) is 1.58. The molecule has 0 bridgehead atoms. The van der Waals surface area contributed by atoms with E-state index in [1.807, 2.05) is 64.1 Å². The monoisotopic (exact) mass is 575 g/mol. The number of benzene rings is 3. The van der Waals surface area contributed by atoms with Crippen LogP contribution in [0.2, 0.25) is 5.02 Å². The van der Waals surface area contributed by atoms with Crippen LogP contribution in [0.5, 0.6) is 5.75 Å². The topological polar surface area (TPSA) is 94.8 Å². The van der Waals surface area contributed by atoms with Gasteiger partial charge in [0.1, 0.15) is 17.6 Å². The number of carbonyl (C=O) groups excluding carboxylic acids is 2. The van der Waals surface area contributed by atoms with Gasteiger partial charge in [0.05, 0.1) is 12.6 Å². The minimum absolute atomic E-state index is 0.0188. The van der Waals surface area contributed by atoms with E-state index in [1.165, 1.54) is 0 Å². The average Bonchev–Trinajstić information content (AvgIpc) is 3.17. The fourth-order valence-electron chi connectivity index (χ4n) is 5.04. The number of halogens is 1. The van der Waals surface area contributed by atoms with E-state index >= 15 is 0 Å². The molecule has 1 N–H and O–H groups in total. The number of aromatic nitrogens is 1. The number of methoxy groups -OCH3 is 1.